The first-order chi connectivity index (χ1) is 7.93. The number of carboxylic acids is 1. The molecule has 7 heteroatoms. The second-order valence-corrected chi connectivity index (χ2v) is 3.23. The van der Waals surface area contributed by atoms with Crippen LogP contribution in [-0.4, -0.2) is 42.3 Å². The minimum absolute atomic E-state index is 0.0878. The molecule has 0 aliphatic carbocycles. The Kier molecular flexibility index (Phi) is 6.88. The zero-order valence-corrected chi connectivity index (χ0v) is 9.84. The van der Waals surface area contributed by atoms with Gasteiger partial charge in [0.05, 0.1) is 25.6 Å². The van der Waals surface area contributed by atoms with E-state index in [4.69, 9.17) is 10.8 Å². The monoisotopic (exact) mass is 247 g/mol. The van der Waals surface area contributed by atoms with E-state index < -0.39 is 36.3 Å². The summed E-state index contributed by atoms with van der Waals surface area (Å²) in [4.78, 5) is 33.4. The Morgan fingerprint density at radius 2 is 1.71 bits per heavy atom. The Morgan fingerprint density at radius 3 is 2.12 bits per heavy atom. The Bertz CT molecular complexity index is 291. The highest BCUT2D eigenvalue weighted by Crippen LogP contribution is 2.12. The van der Waals surface area contributed by atoms with Gasteiger partial charge in [0.2, 0.25) is 0 Å². The lowest BCUT2D eigenvalue weighted by Gasteiger charge is -2.18. The quantitative estimate of drug-likeness (QED) is 0.584. The van der Waals surface area contributed by atoms with Crippen molar-refractivity contribution in [1.29, 1.82) is 0 Å². The van der Waals surface area contributed by atoms with E-state index in [-0.39, 0.29) is 13.2 Å². The first kappa shape index (κ1) is 15.4. The third kappa shape index (κ3) is 5.30. The van der Waals surface area contributed by atoms with Crippen LogP contribution in [0.3, 0.4) is 0 Å². The van der Waals surface area contributed by atoms with E-state index in [1.807, 2.05) is 0 Å². The molecule has 0 fully saturated rings. The summed E-state index contributed by atoms with van der Waals surface area (Å²) in [6, 6.07) is -1.49. The van der Waals surface area contributed by atoms with E-state index in [9.17, 15) is 14.4 Å². The largest absolute Gasteiger partial charge is 0.480 e. The van der Waals surface area contributed by atoms with Gasteiger partial charge in [0, 0.05) is 0 Å². The smallest absolute Gasteiger partial charge is 0.321 e. The molecule has 0 aromatic heterocycles. The predicted molar refractivity (Wildman–Crippen MR) is 57.0 cm³/mol. The lowest BCUT2D eigenvalue weighted by molar-refractivity contribution is -0.158. The summed E-state index contributed by atoms with van der Waals surface area (Å²) in [5, 5.41) is 8.73. The summed E-state index contributed by atoms with van der Waals surface area (Å²) in [5.41, 5.74) is 5.33. The summed E-state index contributed by atoms with van der Waals surface area (Å²) >= 11 is 0. The van der Waals surface area contributed by atoms with Gasteiger partial charge >= 0.3 is 17.9 Å². The molecule has 3 N–H and O–H groups in total. The summed E-state index contributed by atoms with van der Waals surface area (Å²) < 4.78 is 9.30. The molecular weight excluding hydrogens is 230 g/mol. The Labute approximate surface area is 98.9 Å². The summed E-state index contributed by atoms with van der Waals surface area (Å²) in [5.74, 6) is -4.09. The maximum atomic E-state index is 11.5. The molecular formula is C10H17NO6. The van der Waals surface area contributed by atoms with Gasteiger partial charge in [0.1, 0.15) is 6.04 Å². The Morgan fingerprint density at radius 1 is 1.18 bits per heavy atom. The van der Waals surface area contributed by atoms with Gasteiger partial charge in [0.25, 0.3) is 0 Å². The number of carbonyl (C=O) groups excluding carboxylic acids is 2. The first-order valence-corrected chi connectivity index (χ1v) is 5.24. The van der Waals surface area contributed by atoms with Crippen LogP contribution < -0.4 is 5.73 Å². The van der Waals surface area contributed by atoms with E-state index in [2.05, 4.69) is 9.47 Å². The minimum Gasteiger partial charge on any atom is -0.480 e. The number of carbonyl (C=O) groups is 3. The molecule has 2 atom stereocenters. The maximum Gasteiger partial charge on any atom is 0.321 e. The number of carboxylic acid groups (broad SMARTS) is 1. The van der Waals surface area contributed by atoms with Crippen molar-refractivity contribution in [2.45, 2.75) is 26.3 Å². The normalized spacial score (nSPS) is 13.6. The van der Waals surface area contributed by atoms with E-state index >= 15 is 0 Å². The van der Waals surface area contributed by atoms with Gasteiger partial charge in [-0.15, -0.1) is 0 Å². The molecule has 0 bridgehead atoms. The molecule has 17 heavy (non-hydrogen) atoms. The average molecular weight is 247 g/mol. The molecule has 7 nitrogen and oxygen atoms in total. The van der Waals surface area contributed by atoms with Gasteiger partial charge < -0.3 is 20.3 Å². The Balaban J connectivity index is 4.67. The molecule has 0 unspecified atom stereocenters. The topological polar surface area (TPSA) is 116 Å². The summed E-state index contributed by atoms with van der Waals surface area (Å²) in [6.07, 6.45) is -0.403. The fourth-order valence-corrected chi connectivity index (χ4v) is 1.18. The van der Waals surface area contributed by atoms with Crippen molar-refractivity contribution in [3.63, 3.8) is 0 Å². The highest BCUT2D eigenvalue weighted by Gasteiger charge is 2.34. The average Bonchev–Trinajstić information content (AvgIpc) is 2.25. The van der Waals surface area contributed by atoms with Crippen LogP contribution in [0.15, 0.2) is 0 Å². The van der Waals surface area contributed by atoms with E-state index in [0.29, 0.717) is 0 Å². The van der Waals surface area contributed by atoms with Crippen LogP contribution in [0.2, 0.25) is 0 Å². The van der Waals surface area contributed by atoms with Crippen molar-refractivity contribution < 1.29 is 29.0 Å². The zero-order chi connectivity index (χ0) is 13.4. The third-order valence-corrected chi connectivity index (χ3v) is 2.00. The van der Waals surface area contributed by atoms with Gasteiger partial charge in [-0.25, -0.2) is 0 Å². The number of hydrogen-bond donors (Lipinski definition) is 2. The molecule has 0 spiro atoms. The molecule has 0 rings (SSSR count). The molecule has 0 saturated heterocycles. The van der Waals surface area contributed by atoms with Crippen molar-refractivity contribution in [1.82, 2.24) is 0 Å². The van der Waals surface area contributed by atoms with Crippen LogP contribution in [-0.2, 0) is 23.9 Å². The zero-order valence-electron chi connectivity index (χ0n) is 9.84. The number of ether oxygens (including phenoxy) is 2. The molecule has 0 radical (unpaired) electrons. The fraction of sp³-hybridized carbons (Fsp3) is 0.700. The summed E-state index contributed by atoms with van der Waals surface area (Å²) in [7, 11) is 0. The lowest BCUT2D eigenvalue weighted by Crippen LogP contribution is -2.44. The maximum absolute atomic E-state index is 11.5. The Hall–Kier alpha value is -1.63. The molecule has 0 aliphatic rings. The molecule has 0 aliphatic heterocycles. The second kappa shape index (κ2) is 7.61. The van der Waals surface area contributed by atoms with Gasteiger partial charge in [-0.05, 0) is 13.8 Å². The summed E-state index contributed by atoms with van der Waals surface area (Å²) in [6.45, 7) is 3.42. The number of rotatable bonds is 7. The SMILES string of the molecule is CCOC(=O)C[C@H](C(=O)OCC)[C@@H](N)C(=O)O. The van der Waals surface area contributed by atoms with Crippen LogP contribution in [0.5, 0.6) is 0 Å². The van der Waals surface area contributed by atoms with Crippen molar-refractivity contribution in [2.24, 2.45) is 11.7 Å². The highest BCUT2D eigenvalue weighted by atomic mass is 16.5. The van der Waals surface area contributed by atoms with Gasteiger partial charge in [-0.2, -0.15) is 0 Å². The van der Waals surface area contributed by atoms with Crippen molar-refractivity contribution in [3.8, 4) is 0 Å². The fourth-order valence-electron chi connectivity index (χ4n) is 1.18. The molecule has 0 saturated carbocycles. The van der Waals surface area contributed by atoms with Gasteiger partial charge in [0.15, 0.2) is 0 Å². The number of esters is 2. The van der Waals surface area contributed by atoms with Crippen LogP contribution >= 0.6 is 0 Å². The van der Waals surface area contributed by atoms with E-state index in [1.165, 1.54) is 0 Å². The predicted octanol–water partition coefficient (Wildman–Crippen LogP) is -0.469. The van der Waals surface area contributed by atoms with Gasteiger partial charge in [-0.1, -0.05) is 0 Å². The number of nitrogens with two attached hydrogens (primary N) is 1. The molecule has 0 amide bonds. The molecule has 0 aromatic carbocycles. The second-order valence-electron chi connectivity index (χ2n) is 3.23. The number of aliphatic carboxylic acids is 1. The van der Waals surface area contributed by atoms with Gasteiger partial charge in [-0.3, -0.25) is 14.4 Å². The van der Waals surface area contributed by atoms with E-state index in [1.54, 1.807) is 13.8 Å². The third-order valence-electron chi connectivity index (χ3n) is 2.00. The van der Waals surface area contributed by atoms with E-state index in [0.717, 1.165) is 0 Å². The van der Waals surface area contributed by atoms with Crippen molar-refractivity contribution in [3.05, 3.63) is 0 Å². The van der Waals surface area contributed by atoms with Crippen LogP contribution in [0.4, 0.5) is 0 Å². The first-order valence-electron chi connectivity index (χ1n) is 5.24. The number of hydrogen-bond acceptors (Lipinski definition) is 6. The molecule has 0 aromatic rings. The lowest BCUT2D eigenvalue weighted by atomic mass is 9.97. The van der Waals surface area contributed by atoms with Crippen molar-refractivity contribution >= 4 is 17.9 Å². The highest BCUT2D eigenvalue weighted by molar-refractivity contribution is 5.87. The van der Waals surface area contributed by atoms with Crippen LogP contribution in [0, 0.1) is 5.92 Å². The molecule has 0 heterocycles. The molecule has 98 valence electrons. The standard InChI is InChI=1S/C10H17NO6/c1-3-16-7(12)5-6(8(11)9(13)14)10(15)17-4-2/h6,8H,3-5,11H2,1-2H3,(H,13,14)/t6-,8+/m0/s1. The van der Waals surface area contributed by atoms with Crippen molar-refractivity contribution in [2.75, 3.05) is 13.2 Å². The van der Waals surface area contributed by atoms with Crippen LogP contribution in [0.1, 0.15) is 20.3 Å². The van der Waals surface area contributed by atoms with Crippen LogP contribution in [0.25, 0.3) is 0 Å². The minimum atomic E-state index is -1.49.